The highest BCUT2D eigenvalue weighted by Gasteiger charge is 2.20. The van der Waals surface area contributed by atoms with Gasteiger partial charge in [0.05, 0.1) is 6.04 Å². The molecule has 1 atom stereocenters. The molecule has 0 aliphatic heterocycles. The molecule has 0 bridgehead atoms. The highest BCUT2D eigenvalue weighted by atomic mass is 16.2. The van der Waals surface area contributed by atoms with Crippen LogP contribution in [-0.2, 0) is 22.4 Å². The lowest BCUT2D eigenvalue weighted by Gasteiger charge is -2.21. The quantitative estimate of drug-likeness (QED) is 0.791. The first-order valence-corrected chi connectivity index (χ1v) is 9.78. The van der Waals surface area contributed by atoms with Gasteiger partial charge >= 0.3 is 11.8 Å². The second-order valence-corrected chi connectivity index (χ2v) is 7.44. The van der Waals surface area contributed by atoms with Crippen molar-refractivity contribution in [1.82, 2.24) is 5.32 Å². The van der Waals surface area contributed by atoms with E-state index in [1.807, 2.05) is 39.0 Å². The fourth-order valence-electron chi connectivity index (χ4n) is 3.75. The van der Waals surface area contributed by atoms with Crippen molar-refractivity contribution in [1.29, 1.82) is 0 Å². The SMILES string of the molecule is CCC(NC(=O)C(=O)Nc1ccc(C)cc1C)c1ccc2c(c1)CCCC2. The van der Waals surface area contributed by atoms with Gasteiger partial charge < -0.3 is 10.6 Å². The number of anilines is 1. The third-order valence-electron chi connectivity index (χ3n) is 5.32. The molecule has 27 heavy (non-hydrogen) atoms. The first-order chi connectivity index (χ1) is 13.0. The molecule has 0 heterocycles. The van der Waals surface area contributed by atoms with Crippen LogP contribution in [0.4, 0.5) is 5.69 Å². The van der Waals surface area contributed by atoms with Gasteiger partial charge in [-0.3, -0.25) is 9.59 Å². The molecular formula is C23H28N2O2. The maximum Gasteiger partial charge on any atom is 0.313 e. The molecule has 4 heteroatoms. The Balaban J connectivity index is 1.68. The highest BCUT2D eigenvalue weighted by molar-refractivity contribution is 6.39. The van der Waals surface area contributed by atoms with Gasteiger partial charge in [-0.25, -0.2) is 0 Å². The molecule has 3 rings (SSSR count). The molecule has 0 saturated carbocycles. The molecule has 2 amide bonds. The van der Waals surface area contributed by atoms with Crippen LogP contribution in [0, 0.1) is 13.8 Å². The number of hydrogen-bond donors (Lipinski definition) is 2. The number of carbonyl (C=O) groups excluding carboxylic acids is 2. The second-order valence-electron chi connectivity index (χ2n) is 7.44. The minimum Gasteiger partial charge on any atom is -0.341 e. The Labute approximate surface area is 161 Å². The lowest BCUT2D eigenvalue weighted by Crippen LogP contribution is -2.37. The van der Waals surface area contributed by atoms with Crippen molar-refractivity contribution in [2.75, 3.05) is 5.32 Å². The van der Waals surface area contributed by atoms with Crippen LogP contribution in [0.25, 0.3) is 0 Å². The second kappa shape index (κ2) is 8.38. The zero-order valence-corrected chi connectivity index (χ0v) is 16.4. The van der Waals surface area contributed by atoms with Crippen LogP contribution >= 0.6 is 0 Å². The Morgan fingerprint density at radius 3 is 2.41 bits per heavy atom. The molecule has 1 aliphatic carbocycles. The predicted molar refractivity (Wildman–Crippen MR) is 109 cm³/mol. The molecule has 2 aromatic rings. The third kappa shape index (κ3) is 4.57. The van der Waals surface area contributed by atoms with Gasteiger partial charge in [0, 0.05) is 5.69 Å². The van der Waals surface area contributed by atoms with E-state index in [0.29, 0.717) is 5.69 Å². The average Bonchev–Trinajstić information content (AvgIpc) is 2.67. The van der Waals surface area contributed by atoms with E-state index in [-0.39, 0.29) is 6.04 Å². The predicted octanol–water partition coefficient (Wildman–Crippen LogP) is 4.39. The van der Waals surface area contributed by atoms with Gasteiger partial charge in [0.1, 0.15) is 0 Å². The molecule has 1 unspecified atom stereocenters. The van der Waals surface area contributed by atoms with Crippen molar-refractivity contribution in [2.45, 2.75) is 58.9 Å². The Hall–Kier alpha value is -2.62. The van der Waals surface area contributed by atoms with E-state index < -0.39 is 11.8 Å². The van der Waals surface area contributed by atoms with Crippen LogP contribution in [0.15, 0.2) is 36.4 Å². The van der Waals surface area contributed by atoms with Crippen molar-refractivity contribution in [3.8, 4) is 0 Å². The monoisotopic (exact) mass is 364 g/mol. The topological polar surface area (TPSA) is 58.2 Å². The highest BCUT2D eigenvalue weighted by Crippen LogP contribution is 2.26. The molecule has 0 aromatic heterocycles. The lowest BCUT2D eigenvalue weighted by molar-refractivity contribution is -0.136. The number of benzene rings is 2. The number of amides is 2. The maximum absolute atomic E-state index is 12.4. The van der Waals surface area contributed by atoms with E-state index in [4.69, 9.17) is 0 Å². The molecule has 2 aromatic carbocycles. The summed E-state index contributed by atoms with van der Waals surface area (Å²) in [6.45, 7) is 5.94. The molecule has 4 nitrogen and oxygen atoms in total. The fraction of sp³-hybridized carbons (Fsp3) is 0.391. The zero-order valence-electron chi connectivity index (χ0n) is 16.4. The Morgan fingerprint density at radius 2 is 1.70 bits per heavy atom. The Bertz CT molecular complexity index is 857. The number of nitrogens with one attached hydrogen (secondary N) is 2. The summed E-state index contributed by atoms with van der Waals surface area (Å²) in [5.74, 6) is -1.22. The normalized spacial score (nSPS) is 14.2. The first-order valence-electron chi connectivity index (χ1n) is 9.78. The van der Waals surface area contributed by atoms with E-state index in [0.717, 1.165) is 36.0 Å². The van der Waals surface area contributed by atoms with Crippen LogP contribution in [0.3, 0.4) is 0 Å². The van der Waals surface area contributed by atoms with Gasteiger partial charge in [0.25, 0.3) is 0 Å². The smallest absolute Gasteiger partial charge is 0.313 e. The van der Waals surface area contributed by atoms with Crippen molar-refractivity contribution < 1.29 is 9.59 Å². The van der Waals surface area contributed by atoms with Gasteiger partial charge in [-0.2, -0.15) is 0 Å². The molecule has 1 aliphatic rings. The van der Waals surface area contributed by atoms with Crippen LogP contribution in [-0.4, -0.2) is 11.8 Å². The summed E-state index contributed by atoms with van der Waals surface area (Å²) in [4.78, 5) is 24.8. The third-order valence-corrected chi connectivity index (χ3v) is 5.32. The summed E-state index contributed by atoms with van der Waals surface area (Å²) in [6.07, 6.45) is 5.44. The summed E-state index contributed by atoms with van der Waals surface area (Å²) < 4.78 is 0. The Morgan fingerprint density at radius 1 is 0.963 bits per heavy atom. The molecule has 0 saturated heterocycles. The fourth-order valence-corrected chi connectivity index (χ4v) is 3.75. The van der Waals surface area contributed by atoms with E-state index in [2.05, 4.69) is 28.8 Å². The number of hydrogen-bond acceptors (Lipinski definition) is 2. The number of carbonyl (C=O) groups is 2. The van der Waals surface area contributed by atoms with Gasteiger partial charge in [-0.1, -0.05) is 42.8 Å². The summed E-state index contributed by atoms with van der Waals surface area (Å²) in [5.41, 5.74) is 6.60. The van der Waals surface area contributed by atoms with Crippen LogP contribution in [0.2, 0.25) is 0 Å². The van der Waals surface area contributed by atoms with E-state index in [1.165, 1.54) is 24.0 Å². The van der Waals surface area contributed by atoms with E-state index in [1.54, 1.807) is 0 Å². The standard InChI is InChI=1S/C23H28N2O2/c1-4-20(19-11-10-17-7-5-6-8-18(17)14-19)24-22(26)23(27)25-21-12-9-15(2)13-16(21)3/h9-14,20H,4-8H2,1-3H3,(H,24,26)(H,25,27). The minimum absolute atomic E-state index is 0.158. The molecule has 0 fully saturated rings. The van der Waals surface area contributed by atoms with E-state index >= 15 is 0 Å². The largest absolute Gasteiger partial charge is 0.341 e. The van der Waals surface area contributed by atoms with Crippen molar-refractivity contribution in [3.63, 3.8) is 0 Å². The number of fused-ring (bicyclic) bond motifs is 1. The molecule has 2 N–H and O–H groups in total. The summed E-state index contributed by atoms with van der Waals surface area (Å²) in [5, 5.41) is 5.61. The van der Waals surface area contributed by atoms with Crippen LogP contribution in [0.5, 0.6) is 0 Å². The number of rotatable bonds is 4. The maximum atomic E-state index is 12.4. The van der Waals surface area contributed by atoms with Crippen molar-refractivity contribution in [3.05, 3.63) is 64.2 Å². The zero-order chi connectivity index (χ0) is 19.4. The molecule has 142 valence electrons. The summed E-state index contributed by atoms with van der Waals surface area (Å²) in [6, 6.07) is 12.0. The molecular weight excluding hydrogens is 336 g/mol. The Kier molecular flexibility index (Phi) is 5.94. The molecule has 0 radical (unpaired) electrons. The lowest BCUT2D eigenvalue weighted by atomic mass is 9.89. The average molecular weight is 364 g/mol. The number of aryl methyl sites for hydroxylation is 4. The van der Waals surface area contributed by atoms with Crippen molar-refractivity contribution in [2.24, 2.45) is 0 Å². The van der Waals surface area contributed by atoms with Crippen LogP contribution < -0.4 is 10.6 Å². The van der Waals surface area contributed by atoms with Gasteiger partial charge in [0.2, 0.25) is 0 Å². The van der Waals surface area contributed by atoms with Gasteiger partial charge in [-0.05, 0) is 74.3 Å². The summed E-state index contributed by atoms with van der Waals surface area (Å²) in [7, 11) is 0. The first kappa shape index (κ1) is 19.2. The minimum atomic E-state index is -0.627. The van der Waals surface area contributed by atoms with Crippen LogP contribution in [0.1, 0.15) is 60.0 Å². The van der Waals surface area contributed by atoms with Crippen molar-refractivity contribution >= 4 is 17.5 Å². The summed E-state index contributed by atoms with van der Waals surface area (Å²) >= 11 is 0. The van der Waals surface area contributed by atoms with E-state index in [9.17, 15) is 9.59 Å². The van der Waals surface area contributed by atoms with Gasteiger partial charge in [-0.15, -0.1) is 0 Å². The van der Waals surface area contributed by atoms with Gasteiger partial charge in [0.15, 0.2) is 0 Å². The molecule has 0 spiro atoms.